The number of piperazine rings is 1. The molecule has 5 nitrogen and oxygen atoms in total. The number of nitrogens with one attached hydrogen (secondary N) is 1. The summed E-state index contributed by atoms with van der Waals surface area (Å²) in [4.78, 5) is 13.9. The van der Waals surface area contributed by atoms with Gasteiger partial charge in [-0.2, -0.15) is 0 Å². The SMILES string of the molecule is CCNC(=NCC(C)CN1CCN(C)CC1)N1CCC(CSc2ccccc2)C1.I. The lowest BCUT2D eigenvalue weighted by Crippen LogP contribution is -2.46. The Labute approximate surface area is 205 Å². The average Bonchev–Trinajstić information content (AvgIpc) is 3.21. The van der Waals surface area contributed by atoms with E-state index in [0.29, 0.717) is 5.92 Å². The highest BCUT2D eigenvalue weighted by Crippen LogP contribution is 2.25. The van der Waals surface area contributed by atoms with E-state index in [2.05, 4.69) is 71.2 Å². The molecule has 2 saturated heterocycles. The lowest BCUT2D eigenvalue weighted by molar-refractivity contribution is 0.140. The van der Waals surface area contributed by atoms with E-state index >= 15 is 0 Å². The number of nitrogens with zero attached hydrogens (tertiary/aromatic N) is 4. The van der Waals surface area contributed by atoms with Crippen LogP contribution >= 0.6 is 35.7 Å². The van der Waals surface area contributed by atoms with Gasteiger partial charge in [0.15, 0.2) is 5.96 Å². The number of halogens is 1. The molecule has 3 rings (SSSR count). The Morgan fingerprint density at radius 3 is 2.60 bits per heavy atom. The minimum absolute atomic E-state index is 0. The molecule has 0 saturated carbocycles. The molecule has 30 heavy (non-hydrogen) atoms. The number of aliphatic imine (C=N–C) groups is 1. The predicted molar refractivity (Wildman–Crippen MR) is 141 cm³/mol. The van der Waals surface area contributed by atoms with Crippen LogP contribution in [0.25, 0.3) is 0 Å². The van der Waals surface area contributed by atoms with E-state index in [1.807, 2.05) is 11.8 Å². The zero-order valence-corrected chi connectivity index (χ0v) is 22.1. The lowest BCUT2D eigenvalue weighted by atomic mass is 10.1. The number of hydrogen-bond acceptors (Lipinski definition) is 4. The number of benzene rings is 1. The first kappa shape index (κ1) is 25.7. The van der Waals surface area contributed by atoms with Crippen LogP contribution in [0.15, 0.2) is 40.2 Å². The molecule has 0 aromatic heterocycles. The molecule has 2 unspecified atom stereocenters. The number of thioether (sulfide) groups is 1. The molecule has 1 aromatic rings. The van der Waals surface area contributed by atoms with Gasteiger partial charge in [-0.15, -0.1) is 35.7 Å². The largest absolute Gasteiger partial charge is 0.357 e. The van der Waals surface area contributed by atoms with Gasteiger partial charge in [0.05, 0.1) is 0 Å². The van der Waals surface area contributed by atoms with Crippen molar-refractivity contribution < 1.29 is 0 Å². The Kier molecular flexibility index (Phi) is 11.8. The van der Waals surface area contributed by atoms with Crippen molar-refractivity contribution in [3.8, 4) is 0 Å². The first-order valence-electron chi connectivity index (χ1n) is 11.3. The number of hydrogen-bond donors (Lipinski definition) is 1. The van der Waals surface area contributed by atoms with Gasteiger partial charge >= 0.3 is 0 Å². The third-order valence-corrected chi connectivity index (χ3v) is 7.11. The Hall–Kier alpha value is -0.510. The van der Waals surface area contributed by atoms with Crippen molar-refractivity contribution in [1.29, 1.82) is 0 Å². The second kappa shape index (κ2) is 13.8. The second-order valence-corrected chi connectivity index (χ2v) is 9.72. The minimum atomic E-state index is 0. The maximum Gasteiger partial charge on any atom is 0.193 e. The van der Waals surface area contributed by atoms with E-state index in [-0.39, 0.29) is 24.0 Å². The van der Waals surface area contributed by atoms with E-state index < -0.39 is 0 Å². The van der Waals surface area contributed by atoms with Gasteiger partial charge < -0.3 is 20.0 Å². The fraction of sp³-hybridized carbons (Fsp3) is 0.696. The highest BCUT2D eigenvalue weighted by atomic mass is 127. The van der Waals surface area contributed by atoms with Crippen LogP contribution in [0, 0.1) is 11.8 Å². The molecule has 1 N–H and O–H groups in total. The smallest absolute Gasteiger partial charge is 0.193 e. The fourth-order valence-corrected chi connectivity index (χ4v) is 5.14. The van der Waals surface area contributed by atoms with Crippen LogP contribution in [0.3, 0.4) is 0 Å². The van der Waals surface area contributed by atoms with E-state index in [9.17, 15) is 0 Å². The van der Waals surface area contributed by atoms with Gasteiger partial charge in [0.2, 0.25) is 0 Å². The Bertz CT molecular complexity index is 621. The third kappa shape index (κ3) is 8.55. The molecule has 1 aromatic carbocycles. The molecule has 2 fully saturated rings. The first-order valence-corrected chi connectivity index (χ1v) is 12.2. The van der Waals surface area contributed by atoms with Crippen LogP contribution in [0.5, 0.6) is 0 Å². The summed E-state index contributed by atoms with van der Waals surface area (Å²) in [5.74, 6) is 3.65. The van der Waals surface area contributed by atoms with Crippen LogP contribution in [0.1, 0.15) is 20.3 Å². The van der Waals surface area contributed by atoms with Gasteiger partial charge in [0.25, 0.3) is 0 Å². The van der Waals surface area contributed by atoms with Crippen molar-refractivity contribution in [2.24, 2.45) is 16.8 Å². The number of guanidine groups is 1. The normalized spacial score (nSPS) is 22.0. The van der Waals surface area contributed by atoms with Crippen LogP contribution in [0.4, 0.5) is 0 Å². The van der Waals surface area contributed by atoms with Crippen molar-refractivity contribution in [3.63, 3.8) is 0 Å². The molecule has 2 aliphatic rings. The average molecular weight is 546 g/mol. The van der Waals surface area contributed by atoms with Gasteiger partial charge in [-0.25, -0.2) is 0 Å². The van der Waals surface area contributed by atoms with Crippen LogP contribution < -0.4 is 5.32 Å². The van der Waals surface area contributed by atoms with Crippen molar-refractivity contribution >= 4 is 41.7 Å². The molecule has 2 atom stereocenters. The summed E-state index contributed by atoms with van der Waals surface area (Å²) < 4.78 is 0. The molecule has 0 bridgehead atoms. The van der Waals surface area contributed by atoms with Crippen LogP contribution in [-0.2, 0) is 0 Å². The number of likely N-dealkylation sites (N-methyl/N-ethyl adjacent to an activating group) is 1. The topological polar surface area (TPSA) is 34.1 Å². The molecule has 0 radical (unpaired) electrons. The first-order chi connectivity index (χ1) is 14.1. The maximum atomic E-state index is 5.02. The summed E-state index contributed by atoms with van der Waals surface area (Å²) in [7, 11) is 2.22. The monoisotopic (exact) mass is 545 g/mol. The Morgan fingerprint density at radius 1 is 1.17 bits per heavy atom. The molecule has 170 valence electrons. The summed E-state index contributed by atoms with van der Waals surface area (Å²) in [5.41, 5.74) is 0. The summed E-state index contributed by atoms with van der Waals surface area (Å²) in [6.07, 6.45) is 1.26. The quantitative estimate of drug-likeness (QED) is 0.234. The van der Waals surface area contributed by atoms with E-state index in [0.717, 1.165) is 44.6 Å². The van der Waals surface area contributed by atoms with Gasteiger partial charge in [-0.3, -0.25) is 4.99 Å². The minimum Gasteiger partial charge on any atom is -0.357 e. The van der Waals surface area contributed by atoms with Gasteiger partial charge in [-0.05, 0) is 44.4 Å². The molecule has 7 heteroatoms. The van der Waals surface area contributed by atoms with Crippen molar-refractivity contribution in [1.82, 2.24) is 20.0 Å². The molecule has 0 aliphatic carbocycles. The summed E-state index contributed by atoms with van der Waals surface area (Å²) >= 11 is 1.99. The number of likely N-dealkylation sites (tertiary alicyclic amines) is 1. The van der Waals surface area contributed by atoms with Crippen molar-refractivity contribution in [3.05, 3.63) is 30.3 Å². The zero-order chi connectivity index (χ0) is 20.5. The van der Waals surface area contributed by atoms with E-state index in [1.165, 1.54) is 43.2 Å². The summed E-state index contributed by atoms with van der Waals surface area (Å²) in [5, 5.41) is 3.53. The van der Waals surface area contributed by atoms with E-state index in [1.54, 1.807) is 0 Å². The zero-order valence-electron chi connectivity index (χ0n) is 18.9. The molecular formula is C23H40IN5S. The van der Waals surface area contributed by atoms with Crippen LogP contribution in [0.2, 0.25) is 0 Å². The molecule has 2 aliphatic heterocycles. The molecule has 0 spiro atoms. The maximum absolute atomic E-state index is 5.02. The van der Waals surface area contributed by atoms with Crippen molar-refractivity contribution in [2.75, 3.05) is 71.7 Å². The lowest BCUT2D eigenvalue weighted by Gasteiger charge is -2.33. The van der Waals surface area contributed by atoms with Gasteiger partial charge in [-0.1, -0.05) is 25.1 Å². The highest BCUT2D eigenvalue weighted by molar-refractivity contribution is 14.0. The molecule has 2 heterocycles. The second-order valence-electron chi connectivity index (χ2n) is 8.63. The summed E-state index contributed by atoms with van der Waals surface area (Å²) in [6, 6.07) is 10.8. The predicted octanol–water partition coefficient (Wildman–Crippen LogP) is 3.57. The Balaban J connectivity index is 0.00000320. The fourth-order valence-electron chi connectivity index (χ4n) is 4.09. The highest BCUT2D eigenvalue weighted by Gasteiger charge is 2.25. The number of rotatable bonds is 8. The summed E-state index contributed by atoms with van der Waals surface area (Å²) in [6.45, 7) is 14.5. The standard InChI is InChI=1S/C23H39N5S.HI/c1-4-24-23(25-16-20(2)17-27-14-12-26(3)13-15-27)28-11-10-21(18-28)19-29-22-8-6-5-7-9-22;/h5-9,20-21H,4,10-19H2,1-3H3,(H,24,25);1H. The van der Waals surface area contributed by atoms with Crippen LogP contribution in [-0.4, -0.2) is 92.4 Å². The Morgan fingerprint density at radius 2 is 1.90 bits per heavy atom. The van der Waals surface area contributed by atoms with E-state index in [4.69, 9.17) is 4.99 Å². The molecular weight excluding hydrogens is 505 g/mol. The van der Waals surface area contributed by atoms with Gasteiger partial charge in [0, 0.05) is 69.6 Å². The molecule has 0 amide bonds. The van der Waals surface area contributed by atoms with Crippen molar-refractivity contribution in [2.45, 2.75) is 25.2 Å². The van der Waals surface area contributed by atoms with Gasteiger partial charge in [0.1, 0.15) is 0 Å². The third-order valence-electron chi connectivity index (χ3n) is 5.87.